The summed E-state index contributed by atoms with van der Waals surface area (Å²) < 4.78 is 0. The quantitative estimate of drug-likeness (QED) is 0.602. The molecule has 2 atom stereocenters. The Morgan fingerprint density at radius 1 is 1.14 bits per heavy atom. The van der Waals surface area contributed by atoms with E-state index in [4.69, 9.17) is 11.5 Å². The van der Waals surface area contributed by atoms with Crippen LogP contribution < -0.4 is 16.8 Å². The molecule has 28 heavy (non-hydrogen) atoms. The van der Waals surface area contributed by atoms with Crippen molar-refractivity contribution in [1.29, 1.82) is 0 Å². The molecule has 6 nitrogen and oxygen atoms in total. The number of aromatic nitrogens is 1. The maximum atomic E-state index is 12.5. The molecule has 154 valence electrons. The lowest BCUT2D eigenvalue weighted by atomic mass is 9.87. The van der Waals surface area contributed by atoms with Gasteiger partial charge in [0.25, 0.3) is 0 Å². The molecule has 0 aliphatic heterocycles. The molecule has 1 heterocycles. The van der Waals surface area contributed by atoms with Gasteiger partial charge in [0.2, 0.25) is 11.8 Å². The summed E-state index contributed by atoms with van der Waals surface area (Å²) in [5, 5.41) is 2.85. The van der Waals surface area contributed by atoms with Crippen LogP contribution in [0.1, 0.15) is 30.0 Å². The van der Waals surface area contributed by atoms with Gasteiger partial charge in [-0.05, 0) is 42.5 Å². The van der Waals surface area contributed by atoms with Crippen molar-refractivity contribution in [2.24, 2.45) is 17.6 Å². The lowest BCUT2D eigenvalue weighted by molar-refractivity contribution is -0.133. The number of benzene rings is 1. The van der Waals surface area contributed by atoms with Crippen LogP contribution in [0.4, 0.5) is 5.82 Å². The SMILES string of the molecule is Cc1cc(CNC(=O)[C@@H](C)C(CCc2ccccc2)C(N)=O)cnc1N.Cl.Cl. The van der Waals surface area contributed by atoms with E-state index in [-0.39, 0.29) is 30.7 Å². The molecule has 0 aliphatic carbocycles. The Balaban J connectivity index is 0.00000364. The normalized spacial score (nSPS) is 12.1. The minimum Gasteiger partial charge on any atom is -0.383 e. The van der Waals surface area contributed by atoms with Crippen molar-refractivity contribution in [3.63, 3.8) is 0 Å². The molecule has 0 saturated carbocycles. The number of carbonyl (C=O) groups excluding carboxylic acids is 2. The number of pyridine rings is 1. The highest BCUT2D eigenvalue weighted by molar-refractivity contribution is 5.86. The molecule has 2 aromatic rings. The Morgan fingerprint density at radius 3 is 2.36 bits per heavy atom. The van der Waals surface area contributed by atoms with Crippen molar-refractivity contribution in [1.82, 2.24) is 10.3 Å². The summed E-state index contributed by atoms with van der Waals surface area (Å²) >= 11 is 0. The van der Waals surface area contributed by atoms with Crippen molar-refractivity contribution >= 4 is 42.4 Å². The zero-order chi connectivity index (χ0) is 19.1. The molecule has 0 fully saturated rings. The number of hydrogen-bond acceptors (Lipinski definition) is 4. The van der Waals surface area contributed by atoms with E-state index in [0.29, 0.717) is 25.2 Å². The lowest BCUT2D eigenvalue weighted by Crippen LogP contribution is -2.39. The molecule has 1 aromatic carbocycles. The Hall–Kier alpha value is -2.31. The highest BCUT2D eigenvalue weighted by atomic mass is 35.5. The van der Waals surface area contributed by atoms with Crippen LogP contribution in [0, 0.1) is 18.8 Å². The average molecular weight is 427 g/mol. The molecule has 8 heteroatoms. The maximum absolute atomic E-state index is 12.5. The van der Waals surface area contributed by atoms with Gasteiger partial charge in [-0.25, -0.2) is 4.98 Å². The van der Waals surface area contributed by atoms with Gasteiger partial charge < -0.3 is 16.8 Å². The molecule has 0 spiro atoms. The predicted molar refractivity (Wildman–Crippen MR) is 116 cm³/mol. The molecule has 1 aromatic heterocycles. The van der Waals surface area contributed by atoms with Crippen molar-refractivity contribution in [3.8, 4) is 0 Å². The molecular formula is C20H28Cl2N4O2. The van der Waals surface area contributed by atoms with Crippen LogP contribution in [0.15, 0.2) is 42.6 Å². The summed E-state index contributed by atoms with van der Waals surface area (Å²) in [6, 6.07) is 11.7. The zero-order valence-corrected chi connectivity index (χ0v) is 17.7. The fraction of sp³-hybridized carbons (Fsp3) is 0.350. The predicted octanol–water partition coefficient (Wildman–Crippen LogP) is 2.80. The second-order valence-electron chi connectivity index (χ2n) is 6.59. The van der Waals surface area contributed by atoms with Crippen LogP contribution in [0.5, 0.6) is 0 Å². The number of aryl methyl sites for hydroxylation is 2. The number of nitrogens with zero attached hydrogens (tertiary/aromatic N) is 1. The van der Waals surface area contributed by atoms with Crippen molar-refractivity contribution < 1.29 is 9.59 Å². The van der Waals surface area contributed by atoms with Gasteiger partial charge in [0.05, 0.1) is 0 Å². The number of carbonyl (C=O) groups is 2. The Kier molecular flexibility index (Phi) is 11.2. The highest BCUT2D eigenvalue weighted by Gasteiger charge is 2.28. The van der Waals surface area contributed by atoms with Crippen molar-refractivity contribution in [3.05, 3.63) is 59.3 Å². The van der Waals surface area contributed by atoms with E-state index in [1.54, 1.807) is 13.1 Å². The molecule has 1 unspecified atom stereocenters. The maximum Gasteiger partial charge on any atom is 0.223 e. The van der Waals surface area contributed by atoms with Gasteiger partial charge in [-0.1, -0.05) is 37.3 Å². The number of rotatable bonds is 8. The number of anilines is 1. The molecular weight excluding hydrogens is 399 g/mol. The third-order valence-electron chi connectivity index (χ3n) is 4.61. The van der Waals surface area contributed by atoms with Gasteiger partial charge in [-0.2, -0.15) is 0 Å². The number of halogens is 2. The van der Waals surface area contributed by atoms with Crippen LogP contribution >= 0.6 is 24.8 Å². The first-order chi connectivity index (χ1) is 12.4. The van der Waals surface area contributed by atoms with Crippen LogP contribution in [-0.4, -0.2) is 16.8 Å². The number of nitrogen functional groups attached to an aromatic ring is 1. The van der Waals surface area contributed by atoms with E-state index >= 15 is 0 Å². The number of nitrogens with one attached hydrogen (secondary N) is 1. The van der Waals surface area contributed by atoms with Crippen molar-refractivity contribution in [2.45, 2.75) is 33.2 Å². The van der Waals surface area contributed by atoms with Crippen LogP contribution in [0.2, 0.25) is 0 Å². The largest absolute Gasteiger partial charge is 0.383 e. The van der Waals surface area contributed by atoms with E-state index in [0.717, 1.165) is 16.7 Å². The van der Waals surface area contributed by atoms with E-state index in [2.05, 4.69) is 10.3 Å². The first kappa shape index (κ1) is 25.7. The van der Waals surface area contributed by atoms with Gasteiger partial charge >= 0.3 is 0 Å². The minimum atomic E-state index is -0.513. The fourth-order valence-electron chi connectivity index (χ4n) is 2.88. The summed E-state index contributed by atoms with van der Waals surface area (Å²) in [7, 11) is 0. The van der Waals surface area contributed by atoms with Gasteiger partial charge in [0.15, 0.2) is 0 Å². The summed E-state index contributed by atoms with van der Waals surface area (Å²) in [6.45, 7) is 3.94. The topological polar surface area (TPSA) is 111 Å². The van der Waals surface area contributed by atoms with Gasteiger partial charge in [-0.3, -0.25) is 9.59 Å². The van der Waals surface area contributed by atoms with E-state index < -0.39 is 17.7 Å². The Morgan fingerprint density at radius 2 is 1.79 bits per heavy atom. The summed E-state index contributed by atoms with van der Waals surface area (Å²) in [6.07, 6.45) is 2.87. The summed E-state index contributed by atoms with van der Waals surface area (Å²) in [4.78, 5) is 28.4. The molecule has 0 radical (unpaired) electrons. The molecule has 2 amide bonds. The van der Waals surface area contributed by atoms with Gasteiger partial charge in [0, 0.05) is 24.6 Å². The Bertz CT molecular complexity index is 772. The second kappa shape index (κ2) is 12.2. The smallest absolute Gasteiger partial charge is 0.223 e. The Labute approximate surface area is 178 Å². The van der Waals surface area contributed by atoms with Gasteiger partial charge in [0.1, 0.15) is 5.82 Å². The van der Waals surface area contributed by atoms with E-state index in [1.165, 1.54) is 0 Å². The molecule has 0 bridgehead atoms. The lowest BCUT2D eigenvalue weighted by Gasteiger charge is -2.20. The summed E-state index contributed by atoms with van der Waals surface area (Å²) in [5.41, 5.74) is 14.1. The van der Waals surface area contributed by atoms with Gasteiger partial charge in [-0.15, -0.1) is 24.8 Å². The molecule has 5 N–H and O–H groups in total. The average Bonchev–Trinajstić information content (AvgIpc) is 2.63. The van der Waals surface area contributed by atoms with E-state index in [1.807, 2.05) is 43.3 Å². The molecule has 0 saturated heterocycles. The number of nitrogens with two attached hydrogens (primary N) is 2. The first-order valence-corrected chi connectivity index (χ1v) is 8.70. The first-order valence-electron chi connectivity index (χ1n) is 8.70. The number of amides is 2. The number of hydrogen-bond donors (Lipinski definition) is 3. The molecule has 0 aliphatic rings. The van der Waals surface area contributed by atoms with Crippen LogP contribution in [0.25, 0.3) is 0 Å². The third-order valence-corrected chi connectivity index (χ3v) is 4.61. The van der Waals surface area contributed by atoms with Crippen LogP contribution in [-0.2, 0) is 22.6 Å². The highest BCUT2D eigenvalue weighted by Crippen LogP contribution is 2.19. The third kappa shape index (κ3) is 7.37. The monoisotopic (exact) mass is 426 g/mol. The zero-order valence-electron chi connectivity index (χ0n) is 16.1. The summed E-state index contributed by atoms with van der Waals surface area (Å²) in [5.74, 6) is -1.19. The minimum absolute atomic E-state index is 0. The molecule has 2 rings (SSSR count). The second-order valence-corrected chi connectivity index (χ2v) is 6.59. The number of primary amides is 1. The van der Waals surface area contributed by atoms with Crippen molar-refractivity contribution in [2.75, 3.05) is 5.73 Å². The van der Waals surface area contributed by atoms with E-state index in [9.17, 15) is 9.59 Å². The van der Waals surface area contributed by atoms with Crippen LogP contribution in [0.3, 0.4) is 0 Å². The standard InChI is InChI=1S/C20H26N4O2.2ClH/c1-13-10-16(11-23-18(13)21)12-24-20(26)14(2)17(19(22)25)9-8-15-6-4-3-5-7-15;;/h3-7,10-11,14,17H,8-9,12H2,1-2H3,(H2,21,23)(H2,22,25)(H,24,26);2*1H/t14-,17?;;/m0../s1. The fourth-order valence-corrected chi connectivity index (χ4v) is 2.88.